The third-order valence-corrected chi connectivity index (χ3v) is 8.39. The maximum absolute atomic E-state index is 14.0. The van der Waals surface area contributed by atoms with Crippen LogP contribution >= 0.6 is 0 Å². The van der Waals surface area contributed by atoms with E-state index in [0.717, 1.165) is 12.3 Å². The van der Waals surface area contributed by atoms with E-state index >= 15 is 0 Å². The fraction of sp³-hybridized carbons (Fsp3) is 0.476. The van der Waals surface area contributed by atoms with Gasteiger partial charge < -0.3 is 9.64 Å². The summed E-state index contributed by atoms with van der Waals surface area (Å²) in [6.45, 7) is 2.40. The summed E-state index contributed by atoms with van der Waals surface area (Å²) in [4.78, 5) is 22.0. The summed E-state index contributed by atoms with van der Waals surface area (Å²) < 4.78 is 72.4. The Bertz CT molecular complexity index is 1210. The summed E-state index contributed by atoms with van der Waals surface area (Å²) in [6, 6.07) is 4.69. The van der Waals surface area contributed by atoms with Gasteiger partial charge in [-0.3, -0.25) is 4.79 Å². The van der Waals surface area contributed by atoms with Gasteiger partial charge >= 0.3 is 0 Å². The quantitative estimate of drug-likeness (QED) is 0.665. The van der Waals surface area contributed by atoms with Gasteiger partial charge in [0.2, 0.25) is 15.9 Å². The van der Waals surface area contributed by atoms with Gasteiger partial charge in [-0.1, -0.05) is 12.1 Å². The molecule has 33 heavy (non-hydrogen) atoms. The number of hydrogen-bond acceptors (Lipinski definition) is 6. The van der Waals surface area contributed by atoms with Crippen LogP contribution in [0, 0.1) is 11.2 Å². The summed E-state index contributed by atoms with van der Waals surface area (Å²) in [5.41, 5.74) is -1.14. The molecule has 1 aliphatic carbocycles. The number of aromatic nitrogens is 2. The molecule has 0 N–H and O–H groups in total. The fourth-order valence-corrected chi connectivity index (χ4v) is 6.66. The minimum absolute atomic E-state index is 0.0708. The molecule has 1 saturated heterocycles. The van der Waals surface area contributed by atoms with Gasteiger partial charge in [-0.25, -0.2) is 31.6 Å². The van der Waals surface area contributed by atoms with Gasteiger partial charge in [0.25, 0.3) is 12.3 Å². The maximum atomic E-state index is 14.0. The molecular formula is C21H21F3N4O4S. The molecule has 1 amide bonds. The molecule has 2 fully saturated rings. The van der Waals surface area contributed by atoms with Crippen molar-refractivity contribution >= 4 is 15.9 Å². The maximum Gasteiger partial charge on any atom is 0.281 e. The molecule has 1 saturated carbocycles. The van der Waals surface area contributed by atoms with E-state index < -0.39 is 33.9 Å². The van der Waals surface area contributed by atoms with Crippen molar-refractivity contribution in [2.24, 2.45) is 5.41 Å². The van der Waals surface area contributed by atoms with E-state index in [4.69, 9.17) is 4.74 Å². The smallest absolute Gasteiger partial charge is 0.281 e. The van der Waals surface area contributed by atoms with Gasteiger partial charge in [0.05, 0.1) is 12.2 Å². The SMILES string of the molecule is C[C@@H]1COc2ncc(C(F)F)nc2C(=O)N1C1CC2(C1)CN(S(=O)(=O)c1ccccc1F)C2. The first-order valence-electron chi connectivity index (χ1n) is 10.5. The average Bonchev–Trinajstić information content (AvgIpc) is 2.83. The molecule has 0 radical (unpaired) electrons. The Morgan fingerprint density at radius 2 is 1.91 bits per heavy atom. The number of sulfonamides is 1. The Morgan fingerprint density at radius 3 is 2.58 bits per heavy atom. The lowest BCUT2D eigenvalue weighted by Crippen LogP contribution is -2.68. The Hall–Kier alpha value is -2.73. The predicted octanol–water partition coefficient (Wildman–Crippen LogP) is 2.63. The molecule has 2 aromatic rings. The number of amides is 1. The van der Waals surface area contributed by atoms with Gasteiger partial charge in [0.15, 0.2) is 5.69 Å². The third kappa shape index (κ3) is 3.55. The molecule has 1 aromatic heterocycles. The zero-order chi connectivity index (χ0) is 23.5. The van der Waals surface area contributed by atoms with E-state index in [0.29, 0.717) is 12.8 Å². The molecule has 176 valence electrons. The number of fused-ring (bicyclic) bond motifs is 1. The van der Waals surface area contributed by atoms with E-state index in [9.17, 15) is 26.4 Å². The fourth-order valence-electron chi connectivity index (χ4n) is 4.93. The van der Waals surface area contributed by atoms with E-state index in [1.165, 1.54) is 22.5 Å². The average molecular weight is 482 g/mol. The Kier molecular flexibility index (Phi) is 5.12. The number of halogens is 3. The molecule has 1 atom stereocenters. The van der Waals surface area contributed by atoms with Gasteiger partial charge in [-0.2, -0.15) is 4.31 Å². The van der Waals surface area contributed by atoms with Crippen molar-refractivity contribution in [2.45, 2.75) is 43.2 Å². The van der Waals surface area contributed by atoms with Crippen LogP contribution in [0.25, 0.3) is 0 Å². The second-order valence-corrected chi connectivity index (χ2v) is 10.8. The second kappa shape index (κ2) is 7.66. The van der Waals surface area contributed by atoms with Crippen LogP contribution in [0.15, 0.2) is 35.4 Å². The van der Waals surface area contributed by atoms with Gasteiger partial charge in [0.1, 0.15) is 23.0 Å². The number of benzene rings is 1. The van der Waals surface area contributed by atoms with Crippen LogP contribution < -0.4 is 4.74 Å². The summed E-state index contributed by atoms with van der Waals surface area (Å²) in [7, 11) is -3.93. The molecule has 12 heteroatoms. The van der Waals surface area contributed by atoms with Crippen molar-refractivity contribution in [2.75, 3.05) is 19.7 Å². The molecule has 1 spiro atoms. The minimum Gasteiger partial charge on any atom is -0.474 e. The lowest BCUT2D eigenvalue weighted by molar-refractivity contribution is -0.0757. The van der Waals surface area contributed by atoms with Crippen molar-refractivity contribution in [3.63, 3.8) is 0 Å². The zero-order valence-corrected chi connectivity index (χ0v) is 18.4. The molecular weight excluding hydrogens is 461 g/mol. The number of hydrogen-bond donors (Lipinski definition) is 0. The van der Waals surface area contributed by atoms with E-state index in [-0.39, 0.29) is 53.7 Å². The number of carbonyl (C=O) groups is 1. The topological polar surface area (TPSA) is 92.7 Å². The number of alkyl halides is 2. The molecule has 8 nitrogen and oxygen atoms in total. The van der Waals surface area contributed by atoms with Crippen molar-refractivity contribution in [3.8, 4) is 5.88 Å². The number of rotatable bonds is 4. The Labute approximate surface area is 188 Å². The number of carbonyl (C=O) groups excluding carboxylic acids is 1. The van der Waals surface area contributed by atoms with Gasteiger partial charge in [-0.05, 0) is 31.9 Å². The molecule has 0 bridgehead atoms. The van der Waals surface area contributed by atoms with Crippen LogP contribution in [-0.2, 0) is 10.0 Å². The predicted molar refractivity (Wildman–Crippen MR) is 109 cm³/mol. The Balaban J connectivity index is 1.30. The van der Waals surface area contributed by atoms with Gasteiger partial charge in [-0.15, -0.1) is 0 Å². The van der Waals surface area contributed by atoms with E-state index in [1.807, 2.05) is 0 Å². The standard InChI is InChI=1S/C21H21F3N4O4S/c1-12-9-32-19-17(26-15(8-25-19)18(23)24)20(29)28(12)13-6-21(7-13)10-27(11-21)33(30,31)16-5-3-2-4-14(16)22/h2-5,8,12-13,18H,6-7,9-11H2,1H3/t12-/m1/s1. The third-order valence-electron chi connectivity index (χ3n) is 6.56. The van der Waals surface area contributed by atoms with Crippen LogP contribution in [0.5, 0.6) is 5.88 Å². The molecule has 1 aromatic carbocycles. The normalized spacial score (nSPS) is 23.0. The molecule has 0 unspecified atom stereocenters. The van der Waals surface area contributed by atoms with E-state index in [1.54, 1.807) is 11.8 Å². The highest BCUT2D eigenvalue weighted by atomic mass is 32.2. The lowest BCUT2D eigenvalue weighted by Gasteiger charge is -2.60. The van der Waals surface area contributed by atoms with Crippen LogP contribution in [0.1, 0.15) is 42.4 Å². The number of ether oxygens (including phenoxy) is 1. The van der Waals surface area contributed by atoms with Gasteiger partial charge in [0, 0.05) is 24.5 Å². The van der Waals surface area contributed by atoms with Crippen molar-refractivity contribution in [1.82, 2.24) is 19.2 Å². The molecule has 5 rings (SSSR count). The van der Waals surface area contributed by atoms with Crippen LogP contribution in [0.2, 0.25) is 0 Å². The first-order valence-corrected chi connectivity index (χ1v) is 11.9. The van der Waals surface area contributed by atoms with Crippen LogP contribution in [-0.4, -0.2) is 65.3 Å². The van der Waals surface area contributed by atoms with Crippen LogP contribution in [0.4, 0.5) is 13.2 Å². The number of nitrogens with zero attached hydrogens (tertiary/aromatic N) is 4. The highest BCUT2D eigenvalue weighted by molar-refractivity contribution is 7.89. The Morgan fingerprint density at radius 1 is 1.21 bits per heavy atom. The molecule has 3 aliphatic rings. The van der Waals surface area contributed by atoms with E-state index in [2.05, 4.69) is 9.97 Å². The van der Waals surface area contributed by atoms with Crippen molar-refractivity contribution < 1.29 is 31.1 Å². The summed E-state index contributed by atoms with van der Waals surface area (Å²) in [5, 5.41) is 0. The second-order valence-electron chi connectivity index (χ2n) is 8.89. The molecule has 3 heterocycles. The largest absolute Gasteiger partial charge is 0.474 e. The first-order chi connectivity index (χ1) is 15.6. The summed E-state index contributed by atoms with van der Waals surface area (Å²) >= 11 is 0. The van der Waals surface area contributed by atoms with Crippen molar-refractivity contribution in [1.29, 1.82) is 0 Å². The lowest BCUT2D eigenvalue weighted by atomic mass is 9.61. The summed E-state index contributed by atoms with van der Waals surface area (Å²) in [6.07, 6.45) is -0.879. The monoisotopic (exact) mass is 482 g/mol. The zero-order valence-electron chi connectivity index (χ0n) is 17.6. The van der Waals surface area contributed by atoms with Crippen LogP contribution in [0.3, 0.4) is 0 Å². The minimum atomic E-state index is -3.93. The first kappa shape index (κ1) is 22.1. The summed E-state index contributed by atoms with van der Waals surface area (Å²) in [5.74, 6) is -1.39. The van der Waals surface area contributed by atoms with Crippen molar-refractivity contribution in [3.05, 3.63) is 47.7 Å². The molecule has 2 aliphatic heterocycles. The highest BCUT2D eigenvalue weighted by Crippen LogP contribution is 2.52. The highest BCUT2D eigenvalue weighted by Gasteiger charge is 2.58.